The monoisotopic (exact) mass is 325 g/mol. The first-order valence-corrected chi connectivity index (χ1v) is 6.06. The quantitative estimate of drug-likeness (QED) is 0.393. The highest BCUT2D eigenvalue weighted by atomic mass is 127. The molecule has 0 aliphatic heterocycles. The van der Waals surface area contributed by atoms with Crippen LogP contribution in [0.2, 0.25) is 0 Å². The number of hydrogen-bond acceptors (Lipinski definition) is 2. The molecule has 3 heteroatoms. The van der Waals surface area contributed by atoms with E-state index in [0.29, 0.717) is 0 Å². The van der Waals surface area contributed by atoms with E-state index in [1.807, 2.05) is 83.3 Å². The van der Waals surface area contributed by atoms with Gasteiger partial charge in [-0.3, -0.25) is 0 Å². The number of rotatable bonds is 3. The molecule has 2 N–H and O–H groups in total. The zero-order valence-corrected chi connectivity index (χ0v) is 10.8. The lowest BCUT2D eigenvalue weighted by atomic mass is 10.2. The van der Waals surface area contributed by atoms with Crippen molar-refractivity contribution in [1.82, 2.24) is 0 Å². The molecule has 0 saturated carbocycles. The molecule has 0 saturated heterocycles. The number of para-hydroxylation sites is 1. The largest absolute Gasteiger partial charge is 0.359 e. The van der Waals surface area contributed by atoms with Gasteiger partial charge in [-0.2, -0.15) is 0 Å². The highest BCUT2D eigenvalue weighted by Crippen LogP contribution is 2.29. The minimum atomic E-state index is -1.08. The van der Waals surface area contributed by atoms with Crippen molar-refractivity contribution in [3.8, 4) is 0 Å². The number of benzene rings is 2. The maximum Gasteiger partial charge on any atom is 0.215 e. The van der Waals surface area contributed by atoms with Gasteiger partial charge in [-0.1, -0.05) is 48.5 Å². The molecule has 0 heterocycles. The Kier molecular flexibility index (Phi) is 3.46. The Morgan fingerprint density at radius 1 is 0.875 bits per heavy atom. The van der Waals surface area contributed by atoms with Gasteiger partial charge in [0.15, 0.2) is 0 Å². The van der Waals surface area contributed by atoms with E-state index in [4.69, 9.17) is 0 Å². The highest BCUT2D eigenvalue weighted by molar-refractivity contribution is 14.1. The van der Waals surface area contributed by atoms with Gasteiger partial charge in [0, 0.05) is 11.3 Å². The van der Waals surface area contributed by atoms with E-state index in [-0.39, 0.29) is 0 Å². The normalized spacial score (nSPS) is 14.1. The minimum absolute atomic E-state index is 0.833. The Bertz CT molecular complexity index is 442. The zero-order valence-electron chi connectivity index (χ0n) is 8.60. The van der Waals surface area contributed by atoms with Crippen molar-refractivity contribution >= 4 is 28.3 Å². The van der Waals surface area contributed by atoms with Gasteiger partial charge in [-0.05, 0) is 34.7 Å². The molecule has 2 nitrogen and oxygen atoms in total. The van der Waals surface area contributed by atoms with Crippen molar-refractivity contribution in [1.29, 1.82) is 0 Å². The molecule has 0 fully saturated rings. The van der Waals surface area contributed by atoms with E-state index in [0.717, 1.165) is 11.3 Å². The standard InChI is InChI=1S/C13H12INO/c14-13(16,11-7-3-1-4-8-11)15-12-9-5-2-6-10-12/h1-10,15-16H. The summed E-state index contributed by atoms with van der Waals surface area (Å²) in [6.45, 7) is 0. The third kappa shape index (κ3) is 2.74. The number of anilines is 1. The van der Waals surface area contributed by atoms with Crippen molar-refractivity contribution in [2.75, 3.05) is 5.32 Å². The Hall–Kier alpha value is -1.07. The Labute approximate surface area is 108 Å². The number of halogens is 1. The number of alkyl halides is 1. The van der Waals surface area contributed by atoms with Crippen LogP contribution < -0.4 is 5.32 Å². The van der Waals surface area contributed by atoms with Crippen LogP contribution in [0.3, 0.4) is 0 Å². The molecule has 2 aromatic carbocycles. The van der Waals surface area contributed by atoms with Crippen LogP contribution in [0.1, 0.15) is 5.56 Å². The van der Waals surface area contributed by atoms with E-state index in [1.165, 1.54) is 0 Å². The molecular formula is C13H12INO. The molecule has 2 aromatic rings. The van der Waals surface area contributed by atoms with Crippen LogP contribution in [0.25, 0.3) is 0 Å². The van der Waals surface area contributed by atoms with Crippen LogP contribution in [0.4, 0.5) is 5.69 Å². The van der Waals surface area contributed by atoms with Gasteiger partial charge in [0.25, 0.3) is 0 Å². The fourth-order valence-corrected chi connectivity index (χ4v) is 2.11. The number of hydrogen-bond donors (Lipinski definition) is 2. The molecule has 0 spiro atoms. The maximum atomic E-state index is 10.3. The van der Waals surface area contributed by atoms with Gasteiger partial charge >= 0.3 is 0 Å². The summed E-state index contributed by atoms with van der Waals surface area (Å²) in [6.07, 6.45) is 0. The van der Waals surface area contributed by atoms with Crippen molar-refractivity contribution in [2.24, 2.45) is 0 Å². The summed E-state index contributed by atoms with van der Waals surface area (Å²) in [6, 6.07) is 19.2. The van der Waals surface area contributed by atoms with Crippen molar-refractivity contribution in [3.63, 3.8) is 0 Å². The number of nitrogens with one attached hydrogen (secondary N) is 1. The first kappa shape index (κ1) is 11.4. The van der Waals surface area contributed by atoms with Gasteiger partial charge < -0.3 is 10.4 Å². The summed E-state index contributed by atoms with van der Waals surface area (Å²) in [5.74, 6) is 0. The Morgan fingerprint density at radius 3 is 1.94 bits per heavy atom. The maximum absolute atomic E-state index is 10.3. The van der Waals surface area contributed by atoms with Gasteiger partial charge in [-0.25, -0.2) is 0 Å². The van der Waals surface area contributed by atoms with Crippen molar-refractivity contribution in [2.45, 2.75) is 3.73 Å². The summed E-state index contributed by atoms with van der Waals surface area (Å²) in [4.78, 5) is 0. The van der Waals surface area contributed by atoms with Crippen LogP contribution in [-0.2, 0) is 3.73 Å². The third-order valence-electron chi connectivity index (χ3n) is 2.24. The van der Waals surface area contributed by atoms with Crippen molar-refractivity contribution in [3.05, 3.63) is 66.2 Å². The van der Waals surface area contributed by atoms with Crippen molar-refractivity contribution < 1.29 is 5.11 Å². The predicted octanol–water partition coefficient (Wildman–Crippen LogP) is 3.34. The van der Waals surface area contributed by atoms with Gasteiger partial charge in [-0.15, -0.1) is 0 Å². The molecule has 2 rings (SSSR count). The van der Waals surface area contributed by atoms with E-state index in [2.05, 4.69) is 5.32 Å². The minimum Gasteiger partial charge on any atom is -0.359 e. The average Bonchev–Trinajstić information content (AvgIpc) is 2.31. The topological polar surface area (TPSA) is 32.3 Å². The molecule has 1 unspecified atom stereocenters. The molecule has 82 valence electrons. The molecule has 0 aromatic heterocycles. The second kappa shape index (κ2) is 4.84. The predicted molar refractivity (Wildman–Crippen MR) is 74.4 cm³/mol. The zero-order chi connectivity index (χ0) is 11.4. The SMILES string of the molecule is OC(I)(Nc1ccccc1)c1ccccc1. The lowest BCUT2D eigenvalue weighted by Gasteiger charge is -2.24. The lowest BCUT2D eigenvalue weighted by Crippen LogP contribution is -2.27. The van der Waals surface area contributed by atoms with E-state index >= 15 is 0 Å². The molecule has 0 amide bonds. The molecule has 0 aliphatic rings. The Morgan fingerprint density at radius 2 is 1.38 bits per heavy atom. The van der Waals surface area contributed by atoms with E-state index < -0.39 is 3.73 Å². The number of aliphatic hydroxyl groups is 1. The molecule has 0 radical (unpaired) electrons. The smallest absolute Gasteiger partial charge is 0.215 e. The van der Waals surface area contributed by atoms with E-state index in [9.17, 15) is 5.11 Å². The second-order valence-electron chi connectivity index (χ2n) is 3.48. The van der Waals surface area contributed by atoms with Crippen LogP contribution in [0, 0.1) is 0 Å². The molecule has 0 aliphatic carbocycles. The van der Waals surface area contributed by atoms with Crippen LogP contribution in [0.15, 0.2) is 60.7 Å². The Balaban J connectivity index is 2.21. The van der Waals surface area contributed by atoms with E-state index in [1.54, 1.807) is 0 Å². The average molecular weight is 325 g/mol. The summed E-state index contributed by atoms with van der Waals surface area (Å²) < 4.78 is -1.08. The lowest BCUT2D eigenvalue weighted by molar-refractivity contribution is 0.188. The second-order valence-corrected chi connectivity index (χ2v) is 5.04. The molecule has 16 heavy (non-hydrogen) atoms. The molecule has 0 bridgehead atoms. The van der Waals surface area contributed by atoms with Crippen LogP contribution in [0.5, 0.6) is 0 Å². The van der Waals surface area contributed by atoms with Crippen LogP contribution >= 0.6 is 22.6 Å². The fraction of sp³-hybridized carbons (Fsp3) is 0.0769. The summed E-state index contributed by atoms with van der Waals surface area (Å²) in [7, 11) is 0. The first-order valence-electron chi connectivity index (χ1n) is 4.98. The molecular weight excluding hydrogens is 313 g/mol. The van der Waals surface area contributed by atoms with Gasteiger partial charge in [0.2, 0.25) is 3.73 Å². The van der Waals surface area contributed by atoms with Gasteiger partial charge in [0.05, 0.1) is 0 Å². The van der Waals surface area contributed by atoms with Crippen LogP contribution in [-0.4, -0.2) is 5.11 Å². The summed E-state index contributed by atoms with van der Waals surface area (Å²) in [5.41, 5.74) is 1.72. The fourth-order valence-electron chi connectivity index (χ4n) is 1.44. The summed E-state index contributed by atoms with van der Waals surface area (Å²) >= 11 is 1.99. The highest BCUT2D eigenvalue weighted by Gasteiger charge is 2.24. The molecule has 1 atom stereocenters. The summed E-state index contributed by atoms with van der Waals surface area (Å²) in [5, 5.41) is 13.4. The third-order valence-corrected chi connectivity index (χ3v) is 3.13. The first-order chi connectivity index (χ1) is 7.68. The van der Waals surface area contributed by atoms with Gasteiger partial charge in [0.1, 0.15) is 0 Å².